The van der Waals surface area contributed by atoms with Crippen LogP contribution < -0.4 is 0 Å². The van der Waals surface area contributed by atoms with Crippen molar-refractivity contribution in [2.75, 3.05) is 14.1 Å². The van der Waals surface area contributed by atoms with E-state index in [1.54, 1.807) is 6.07 Å². The van der Waals surface area contributed by atoms with Gasteiger partial charge in [-0.3, -0.25) is 19.4 Å². The van der Waals surface area contributed by atoms with Gasteiger partial charge in [0.25, 0.3) is 11.8 Å². The molecule has 0 spiro atoms. The Morgan fingerprint density at radius 2 is 1.53 bits per heavy atom. The van der Waals surface area contributed by atoms with Gasteiger partial charge in [-0.25, -0.2) is 9.18 Å². The normalized spacial score (nSPS) is 16.2. The molecule has 0 N–H and O–H groups in total. The highest BCUT2D eigenvalue weighted by atomic mass is 19.1. The topological polar surface area (TPSA) is 57.7 Å². The molecule has 1 heterocycles. The summed E-state index contributed by atoms with van der Waals surface area (Å²) in [6, 6.07) is 5.05. The van der Waals surface area contributed by atoms with E-state index in [0.717, 1.165) is 15.9 Å². The summed E-state index contributed by atoms with van der Waals surface area (Å²) in [5.41, 5.74) is -0.120. The number of benzene rings is 1. The summed E-state index contributed by atoms with van der Waals surface area (Å²) in [7, 11) is 2.53. The zero-order chi connectivity index (χ0) is 14.2. The van der Waals surface area contributed by atoms with Gasteiger partial charge >= 0.3 is 6.03 Å². The first-order chi connectivity index (χ1) is 8.93. The Kier molecular flexibility index (Phi) is 3.16. The zero-order valence-electron chi connectivity index (χ0n) is 10.4. The lowest BCUT2D eigenvalue weighted by Crippen LogP contribution is -2.52. The van der Waals surface area contributed by atoms with Gasteiger partial charge in [0.15, 0.2) is 0 Å². The molecule has 1 aromatic rings. The molecule has 98 valence electrons. The Morgan fingerprint density at radius 1 is 1.00 bits per heavy atom. The number of carbonyl (C=O) groups is 3. The van der Waals surface area contributed by atoms with Crippen LogP contribution in [0.15, 0.2) is 29.8 Å². The van der Waals surface area contributed by atoms with Gasteiger partial charge in [-0.05, 0) is 12.1 Å². The minimum Gasteiger partial charge on any atom is -0.268 e. The molecule has 0 atom stereocenters. The van der Waals surface area contributed by atoms with Crippen LogP contribution in [-0.2, 0) is 9.59 Å². The summed E-state index contributed by atoms with van der Waals surface area (Å²) < 4.78 is 13.5. The molecule has 1 saturated heterocycles. The lowest BCUT2D eigenvalue weighted by atomic mass is 10.1. The molecule has 1 aliphatic rings. The van der Waals surface area contributed by atoms with Crippen molar-refractivity contribution < 1.29 is 18.8 Å². The van der Waals surface area contributed by atoms with Crippen molar-refractivity contribution in [1.29, 1.82) is 0 Å². The molecule has 0 aromatic heterocycles. The molecule has 0 aliphatic carbocycles. The highest BCUT2D eigenvalue weighted by Gasteiger charge is 2.37. The second-order valence-corrected chi connectivity index (χ2v) is 4.09. The first kappa shape index (κ1) is 12.9. The summed E-state index contributed by atoms with van der Waals surface area (Å²) in [4.78, 5) is 36.9. The summed E-state index contributed by atoms with van der Waals surface area (Å²) in [5.74, 6) is -2.02. The van der Waals surface area contributed by atoms with E-state index in [2.05, 4.69) is 0 Å². The molecular weight excluding hydrogens is 251 g/mol. The van der Waals surface area contributed by atoms with Crippen LogP contribution in [-0.4, -0.2) is 41.7 Å². The molecular formula is C13H11FN2O3. The van der Waals surface area contributed by atoms with Crippen molar-refractivity contribution in [3.63, 3.8) is 0 Å². The molecule has 0 unspecified atom stereocenters. The maximum Gasteiger partial charge on any atom is 0.333 e. The van der Waals surface area contributed by atoms with E-state index in [4.69, 9.17) is 0 Å². The molecule has 1 aromatic carbocycles. The van der Waals surface area contributed by atoms with Crippen LogP contribution in [0, 0.1) is 5.82 Å². The van der Waals surface area contributed by atoms with Crippen LogP contribution in [0.3, 0.4) is 0 Å². The molecule has 2 rings (SSSR count). The van der Waals surface area contributed by atoms with E-state index in [1.807, 2.05) is 0 Å². The van der Waals surface area contributed by atoms with Crippen LogP contribution >= 0.6 is 0 Å². The number of urea groups is 1. The van der Waals surface area contributed by atoms with Crippen molar-refractivity contribution in [2.24, 2.45) is 0 Å². The van der Waals surface area contributed by atoms with Gasteiger partial charge in [0, 0.05) is 19.7 Å². The molecule has 5 nitrogen and oxygen atoms in total. The second kappa shape index (κ2) is 4.64. The Labute approximate surface area is 108 Å². The number of barbiturate groups is 1. The van der Waals surface area contributed by atoms with Gasteiger partial charge < -0.3 is 0 Å². The monoisotopic (exact) mass is 262 g/mol. The number of carbonyl (C=O) groups excluding carboxylic acids is 3. The average molecular weight is 262 g/mol. The van der Waals surface area contributed by atoms with Gasteiger partial charge in [-0.2, -0.15) is 0 Å². The summed E-state index contributed by atoms with van der Waals surface area (Å²) in [5, 5.41) is 0. The van der Waals surface area contributed by atoms with Crippen LogP contribution in [0.5, 0.6) is 0 Å². The first-order valence-corrected chi connectivity index (χ1v) is 5.49. The van der Waals surface area contributed by atoms with E-state index >= 15 is 0 Å². The van der Waals surface area contributed by atoms with Crippen LogP contribution in [0.2, 0.25) is 0 Å². The maximum atomic E-state index is 13.5. The largest absolute Gasteiger partial charge is 0.333 e. The van der Waals surface area contributed by atoms with Crippen LogP contribution in [0.25, 0.3) is 6.08 Å². The number of halogens is 1. The predicted molar refractivity (Wildman–Crippen MR) is 65.3 cm³/mol. The summed E-state index contributed by atoms with van der Waals surface area (Å²) in [6.07, 6.45) is 1.15. The SMILES string of the molecule is CN1C(=O)C(=Cc2ccccc2F)C(=O)N(C)C1=O. The number of rotatable bonds is 1. The highest BCUT2D eigenvalue weighted by Crippen LogP contribution is 2.19. The van der Waals surface area contributed by atoms with Gasteiger partial charge in [-0.1, -0.05) is 18.2 Å². The zero-order valence-corrected chi connectivity index (χ0v) is 10.4. The van der Waals surface area contributed by atoms with Gasteiger partial charge in [-0.15, -0.1) is 0 Å². The van der Waals surface area contributed by atoms with Gasteiger partial charge in [0.05, 0.1) is 0 Å². The number of imide groups is 2. The first-order valence-electron chi connectivity index (χ1n) is 5.49. The number of amides is 4. The molecule has 0 saturated carbocycles. The fourth-order valence-electron chi connectivity index (χ4n) is 1.72. The van der Waals surface area contributed by atoms with E-state index < -0.39 is 23.7 Å². The number of likely N-dealkylation sites (N-methyl/N-ethyl adjacent to an activating group) is 2. The van der Waals surface area contributed by atoms with E-state index in [-0.39, 0.29) is 11.1 Å². The lowest BCUT2D eigenvalue weighted by Gasteiger charge is -2.28. The summed E-state index contributed by atoms with van der Waals surface area (Å²) in [6.45, 7) is 0. The third-order valence-electron chi connectivity index (χ3n) is 2.85. The molecule has 1 fully saturated rings. The number of hydrogen-bond donors (Lipinski definition) is 0. The number of hydrogen-bond acceptors (Lipinski definition) is 3. The third-order valence-corrected chi connectivity index (χ3v) is 2.85. The minimum absolute atomic E-state index is 0.121. The maximum absolute atomic E-state index is 13.5. The van der Waals surface area contributed by atoms with Gasteiger partial charge in [0.2, 0.25) is 0 Å². The van der Waals surface area contributed by atoms with Crippen molar-refractivity contribution in [3.05, 3.63) is 41.2 Å². The quantitative estimate of drug-likeness (QED) is 0.565. The Morgan fingerprint density at radius 3 is 2.05 bits per heavy atom. The predicted octanol–water partition coefficient (Wildman–Crippen LogP) is 1.26. The van der Waals surface area contributed by atoms with Gasteiger partial charge in [0.1, 0.15) is 11.4 Å². The molecule has 19 heavy (non-hydrogen) atoms. The van der Waals surface area contributed by atoms with E-state index in [0.29, 0.717) is 0 Å². The molecule has 6 heteroatoms. The lowest BCUT2D eigenvalue weighted by molar-refractivity contribution is -0.134. The standard InChI is InChI=1S/C13H11FN2O3/c1-15-11(17)9(12(18)16(2)13(15)19)7-8-5-3-4-6-10(8)14/h3-7H,1-2H3. The fraction of sp³-hybridized carbons (Fsp3) is 0.154. The smallest absolute Gasteiger partial charge is 0.268 e. The van der Waals surface area contributed by atoms with Crippen LogP contribution in [0.4, 0.5) is 9.18 Å². The van der Waals surface area contributed by atoms with E-state index in [1.165, 1.54) is 32.3 Å². The fourth-order valence-corrected chi connectivity index (χ4v) is 1.72. The Balaban J connectivity index is 2.49. The molecule has 0 bridgehead atoms. The second-order valence-electron chi connectivity index (χ2n) is 4.09. The van der Waals surface area contributed by atoms with Crippen molar-refractivity contribution in [1.82, 2.24) is 9.80 Å². The van der Waals surface area contributed by atoms with Crippen molar-refractivity contribution in [2.45, 2.75) is 0 Å². The van der Waals surface area contributed by atoms with Crippen molar-refractivity contribution in [3.8, 4) is 0 Å². The Hall–Kier alpha value is -2.50. The summed E-state index contributed by atoms with van der Waals surface area (Å²) >= 11 is 0. The molecule has 0 radical (unpaired) electrons. The third kappa shape index (κ3) is 2.12. The average Bonchev–Trinajstić information content (AvgIpc) is 2.41. The van der Waals surface area contributed by atoms with Crippen molar-refractivity contribution >= 4 is 23.9 Å². The highest BCUT2D eigenvalue weighted by molar-refractivity contribution is 6.30. The number of nitrogens with zero attached hydrogens (tertiary/aromatic N) is 2. The van der Waals surface area contributed by atoms with Crippen LogP contribution in [0.1, 0.15) is 5.56 Å². The van der Waals surface area contributed by atoms with E-state index in [9.17, 15) is 18.8 Å². The minimum atomic E-state index is -0.739. The molecule has 4 amide bonds. The Bertz CT molecular complexity index is 584. The molecule has 1 aliphatic heterocycles.